The molecule has 1 aliphatic rings. The summed E-state index contributed by atoms with van der Waals surface area (Å²) in [7, 11) is 3.40. The van der Waals surface area contributed by atoms with E-state index in [-0.39, 0.29) is 0 Å². The third-order valence-corrected chi connectivity index (χ3v) is 5.53. The highest BCUT2D eigenvalue weighted by Crippen LogP contribution is 2.31. The second kappa shape index (κ2) is 7.43. The minimum atomic E-state index is 0.777. The van der Waals surface area contributed by atoms with Gasteiger partial charge in [0.25, 0.3) is 0 Å². The van der Waals surface area contributed by atoms with Crippen LogP contribution in [0.4, 0.5) is 0 Å². The van der Waals surface area contributed by atoms with Gasteiger partial charge >= 0.3 is 0 Å². The molecule has 26 heavy (non-hydrogen) atoms. The van der Waals surface area contributed by atoms with Gasteiger partial charge in [-0.15, -0.1) is 11.3 Å². The first-order valence-electron chi connectivity index (χ1n) is 8.59. The van der Waals surface area contributed by atoms with Crippen molar-refractivity contribution in [2.45, 2.75) is 19.5 Å². The molecule has 0 aliphatic carbocycles. The molecule has 3 aromatic rings. The molecular formula is C20H21N3O2S. The maximum Gasteiger partial charge on any atom is 0.169 e. The number of hydrogen-bond acceptors (Lipinski definition) is 6. The molecule has 0 bridgehead atoms. The number of rotatable bonds is 5. The normalized spacial score (nSPS) is 14.1. The van der Waals surface area contributed by atoms with Gasteiger partial charge in [-0.2, -0.15) is 0 Å². The lowest BCUT2D eigenvalue weighted by Gasteiger charge is -2.29. The molecule has 0 fully saturated rings. The highest BCUT2D eigenvalue weighted by molar-refractivity contribution is 7.13. The van der Waals surface area contributed by atoms with E-state index in [0.717, 1.165) is 59.5 Å². The fraction of sp³-hybridized carbons (Fsp3) is 0.300. The van der Waals surface area contributed by atoms with Crippen LogP contribution in [0, 0.1) is 0 Å². The van der Waals surface area contributed by atoms with E-state index >= 15 is 0 Å². The Morgan fingerprint density at radius 3 is 2.62 bits per heavy atom. The van der Waals surface area contributed by atoms with Crippen molar-refractivity contribution in [3.05, 3.63) is 58.7 Å². The molecule has 6 heteroatoms. The first-order chi connectivity index (χ1) is 12.8. The summed E-state index contributed by atoms with van der Waals surface area (Å²) in [5.41, 5.74) is 3.44. The van der Waals surface area contributed by atoms with Crippen molar-refractivity contribution >= 4 is 11.3 Å². The molecule has 0 unspecified atom stereocenters. The molecule has 0 radical (unpaired) electrons. The number of hydrogen-bond donors (Lipinski definition) is 0. The summed E-state index contributed by atoms with van der Waals surface area (Å²) >= 11 is 1.67. The van der Waals surface area contributed by atoms with Gasteiger partial charge in [0.15, 0.2) is 5.82 Å². The van der Waals surface area contributed by atoms with Crippen LogP contribution < -0.4 is 9.47 Å². The zero-order chi connectivity index (χ0) is 17.9. The van der Waals surface area contributed by atoms with E-state index in [1.165, 1.54) is 5.56 Å². The molecule has 0 saturated heterocycles. The number of aromatic nitrogens is 2. The summed E-state index contributed by atoms with van der Waals surface area (Å²) in [6.07, 6.45) is 2.90. The molecule has 4 rings (SSSR count). The zero-order valence-corrected chi connectivity index (χ0v) is 15.8. The van der Waals surface area contributed by atoms with E-state index < -0.39 is 0 Å². The van der Waals surface area contributed by atoms with Crippen molar-refractivity contribution in [1.29, 1.82) is 0 Å². The van der Waals surface area contributed by atoms with E-state index in [0.29, 0.717) is 0 Å². The number of ether oxygens (including phenoxy) is 2. The Bertz CT molecular complexity index is 874. The van der Waals surface area contributed by atoms with Gasteiger partial charge in [-0.1, -0.05) is 12.1 Å². The van der Waals surface area contributed by atoms with Crippen LogP contribution in [-0.4, -0.2) is 35.6 Å². The number of benzene rings is 1. The van der Waals surface area contributed by atoms with Gasteiger partial charge in [-0.05, 0) is 23.6 Å². The van der Waals surface area contributed by atoms with E-state index in [4.69, 9.17) is 14.5 Å². The van der Waals surface area contributed by atoms with Crippen LogP contribution in [0.15, 0.2) is 41.9 Å². The summed E-state index contributed by atoms with van der Waals surface area (Å²) < 4.78 is 11.1. The van der Waals surface area contributed by atoms with E-state index in [9.17, 15) is 0 Å². The molecule has 2 aromatic heterocycles. The summed E-state index contributed by atoms with van der Waals surface area (Å²) in [5, 5.41) is 2.06. The topological polar surface area (TPSA) is 47.5 Å². The molecule has 5 nitrogen and oxygen atoms in total. The van der Waals surface area contributed by atoms with Crippen LogP contribution in [0.3, 0.4) is 0 Å². The second-order valence-electron chi connectivity index (χ2n) is 6.24. The van der Waals surface area contributed by atoms with Gasteiger partial charge < -0.3 is 9.47 Å². The summed E-state index contributed by atoms with van der Waals surface area (Å²) in [5.74, 6) is 2.55. The molecule has 0 atom stereocenters. The van der Waals surface area contributed by atoms with Gasteiger partial charge in [0.1, 0.15) is 11.5 Å². The van der Waals surface area contributed by atoms with Crippen LogP contribution in [0.5, 0.6) is 11.5 Å². The fourth-order valence-corrected chi connectivity index (χ4v) is 4.01. The number of thiophene rings is 1. The Kier molecular flexibility index (Phi) is 4.86. The van der Waals surface area contributed by atoms with Gasteiger partial charge in [0.2, 0.25) is 0 Å². The maximum absolute atomic E-state index is 5.53. The molecule has 1 aromatic carbocycles. The lowest BCUT2D eigenvalue weighted by atomic mass is 10.1. The number of fused-ring (bicyclic) bond motifs is 1. The van der Waals surface area contributed by atoms with Crippen LogP contribution in [-0.2, 0) is 19.5 Å². The van der Waals surface area contributed by atoms with Gasteiger partial charge in [-0.25, -0.2) is 9.97 Å². The van der Waals surface area contributed by atoms with E-state index in [1.807, 2.05) is 30.5 Å². The average Bonchev–Trinajstić information content (AvgIpc) is 3.22. The van der Waals surface area contributed by atoms with Crippen molar-refractivity contribution in [2.75, 3.05) is 20.8 Å². The second-order valence-corrected chi connectivity index (χ2v) is 7.19. The molecule has 0 saturated carbocycles. The molecule has 0 spiro atoms. The third kappa shape index (κ3) is 3.30. The minimum absolute atomic E-state index is 0.777. The highest BCUT2D eigenvalue weighted by Gasteiger charge is 2.21. The predicted octanol–water partition coefficient (Wildman–Crippen LogP) is 3.78. The summed E-state index contributed by atoms with van der Waals surface area (Å²) in [6, 6.07) is 10.0. The van der Waals surface area contributed by atoms with Gasteiger partial charge in [0, 0.05) is 37.8 Å². The zero-order valence-electron chi connectivity index (χ0n) is 14.9. The largest absolute Gasteiger partial charge is 0.496 e. The standard InChI is InChI=1S/C20H21N3O2S/c1-24-17-5-3-6-18(25-2)15(17)13-23-9-8-16-14(12-23)11-21-20(22-16)19-7-4-10-26-19/h3-7,10-11H,8-9,12-13H2,1-2H3. The molecule has 0 N–H and O–H groups in total. The fourth-order valence-electron chi connectivity index (χ4n) is 3.34. The molecule has 1 aliphatic heterocycles. The van der Waals surface area contributed by atoms with Crippen molar-refractivity contribution in [2.24, 2.45) is 0 Å². The summed E-state index contributed by atoms with van der Waals surface area (Å²) in [4.78, 5) is 12.9. The van der Waals surface area contributed by atoms with E-state index in [2.05, 4.69) is 21.3 Å². The third-order valence-electron chi connectivity index (χ3n) is 4.67. The Hall–Kier alpha value is -2.44. The lowest BCUT2D eigenvalue weighted by molar-refractivity contribution is 0.235. The Morgan fingerprint density at radius 1 is 1.12 bits per heavy atom. The monoisotopic (exact) mass is 367 g/mol. The molecule has 134 valence electrons. The molecular weight excluding hydrogens is 346 g/mol. The van der Waals surface area contributed by atoms with Crippen LogP contribution in [0.25, 0.3) is 10.7 Å². The van der Waals surface area contributed by atoms with Crippen LogP contribution in [0.1, 0.15) is 16.8 Å². The Labute approximate surface area is 157 Å². The maximum atomic E-state index is 5.53. The SMILES string of the molecule is COc1cccc(OC)c1CN1CCc2nc(-c3cccs3)ncc2C1. The van der Waals surface area contributed by atoms with Crippen molar-refractivity contribution in [1.82, 2.24) is 14.9 Å². The molecule has 0 amide bonds. The van der Waals surface area contributed by atoms with Crippen molar-refractivity contribution in [3.63, 3.8) is 0 Å². The predicted molar refractivity (Wildman–Crippen MR) is 103 cm³/mol. The first kappa shape index (κ1) is 17.0. The Balaban J connectivity index is 1.55. The minimum Gasteiger partial charge on any atom is -0.496 e. The van der Waals surface area contributed by atoms with Gasteiger partial charge in [0.05, 0.1) is 30.4 Å². The lowest BCUT2D eigenvalue weighted by Crippen LogP contribution is -2.31. The van der Waals surface area contributed by atoms with Crippen LogP contribution in [0.2, 0.25) is 0 Å². The number of methoxy groups -OCH3 is 2. The Morgan fingerprint density at radius 2 is 1.92 bits per heavy atom. The average molecular weight is 367 g/mol. The number of nitrogens with zero attached hydrogens (tertiary/aromatic N) is 3. The smallest absolute Gasteiger partial charge is 0.169 e. The van der Waals surface area contributed by atoms with Crippen molar-refractivity contribution < 1.29 is 9.47 Å². The van der Waals surface area contributed by atoms with Crippen LogP contribution >= 0.6 is 11.3 Å². The highest BCUT2D eigenvalue weighted by atomic mass is 32.1. The summed E-state index contributed by atoms with van der Waals surface area (Å²) in [6.45, 7) is 2.57. The first-order valence-corrected chi connectivity index (χ1v) is 9.47. The van der Waals surface area contributed by atoms with Crippen molar-refractivity contribution in [3.8, 4) is 22.2 Å². The molecule has 3 heterocycles. The van der Waals surface area contributed by atoms with Gasteiger partial charge in [-0.3, -0.25) is 4.90 Å². The quantitative estimate of drug-likeness (QED) is 0.687. The van der Waals surface area contributed by atoms with E-state index in [1.54, 1.807) is 25.6 Å².